The van der Waals surface area contributed by atoms with Crippen molar-refractivity contribution in [3.8, 4) is 0 Å². The molecule has 7 nitrogen and oxygen atoms in total. The second-order valence-corrected chi connectivity index (χ2v) is 4.71. The lowest BCUT2D eigenvalue weighted by atomic mass is 10.3. The predicted molar refractivity (Wildman–Crippen MR) is 72.0 cm³/mol. The lowest BCUT2D eigenvalue weighted by Crippen LogP contribution is -2.19. The Labute approximate surface area is 127 Å². The highest BCUT2D eigenvalue weighted by atomic mass is 35.5. The monoisotopic (exact) mass is 332 g/mol. The van der Waals surface area contributed by atoms with Crippen LogP contribution >= 0.6 is 23.2 Å². The summed E-state index contributed by atoms with van der Waals surface area (Å²) in [6.45, 7) is -0.301. The Morgan fingerprint density at radius 1 is 1.33 bits per heavy atom. The smallest absolute Gasteiger partial charge is 0.358 e. The van der Waals surface area contributed by atoms with Gasteiger partial charge in [-0.25, -0.2) is 13.9 Å². The van der Waals surface area contributed by atoms with E-state index in [1.54, 1.807) is 0 Å². The van der Waals surface area contributed by atoms with Crippen LogP contribution in [-0.4, -0.2) is 32.0 Å². The van der Waals surface area contributed by atoms with Gasteiger partial charge in [0, 0.05) is 0 Å². The number of nitrogens with zero attached hydrogens (tertiary/aromatic N) is 3. The number of aromatic carboxylic acids is 1. The van der Waals surface area contributed by atoms with Crippen LogP contribution in [0.15, 0.2) is 18.3 Å². The number of benzene rings is 1. The van der Waals surface area contributed by atoms with Crippen LogP contribution in [0.25, 0.3) is 0 Å². The minimum absolute atomic E-state index is 0.0573. The summed E-state index contributed by atoms with van der Waals surface area (Å²) in [6.07, 6.45) is 1.09. The van der Waals surface area contributed by atoms with Crippen LogP contribution in [0.5, 0.6) is 0 Å². The summed E-state index contributed by atoms with van der Waals surface area (Å²) in [7, 11) is 0. The van der Waals surface area contributed by atoms with Crippen LogP contribution in [0.3, 0.4) is 0 Å². The first-order valence-corrected chi connectivity index (χ1v) is 6.20. The first kappa shape index (κ1) is 15.2. The molecule has 2 rings (SSSR count). The van der Waals surface area contributed by atoms with E-state index in [9.17, 15) is 14.0 Å². The molecular formula is C11H7Cl2FN4O3. The quantitative estimate of drug-likeness (QED) is 0.893. The Morgan fingerprint density at radius 3 is 2.48 bits per heavy atom. The van der Waals surface area contributed by atoms with Gasteiger partial charge >= 0.3 is 5.97 Å². The molecule has 0 saturated heterocycles. The molecule has 0 aliphatic rings. The number of carbonyl (C=O) groups excluding carboxylic acids is 1. The van der Waals surface area contributed by atoms with Gasteiger partial charge in [-0.2, -0.15) is 0 Å². The van der Waals surface area contributed by atoms with Gasteiger partial charge in [-0.3, -0.25) is 4.79 Å². The Hall–Kier alpha value is -2.19. The van der Waals surface area contributed by atoms with Crippen LogP contribution < -0.4 is 5.32 Å². The molecule has 0 aliphatic heterocycles. The summed E-state index contributed by atoms with van der Waals surface area (Å²) < 4.78 is 14.0. The standard InChI is InChI=1S/C11H7Cl2FN4O3/c12-6-1-5(14)2-7(13)10(6)15-9(19)4-18-3-8(11(20)21)16-17-18/h1-3H,4H2,(H,15,19)(H,20,21). The zero-order valence-corrected chi connectivity index (χ0v) is 11.7. The average molecular weight is 333 g/mol. The van der Waals surface area contributed by atoms with Crippen molar-refractivity contribution >= 4 is 40.8 Å². The number of anilines is 1. The number of carboxylic acids is 1. The highest BCUT2D eigenvalue weighted by Gasteiger charge is 2.14. The van der Waals surface area contributed by atoms with E-state index in [0.29, 0.717) is 0 Å². The summed E-state index contributed by atoms with van der Waals surface area (Å²) >= 11 is 11.6. The number of amides is 1. The molecule has 110 valence electrons. The van der Waals surface area contributed by atoms with Crippen LogP contribution in [-0.2, 0) is 11.3 Å². The summed E-state index contributed by atoms with van der Waals surface area (Å²) in [5.74, 6) is -2.47. The van der Waals surface area contributed by atoms with Crippen LogP contribution in [0.1, 0.15) is 10.5 Å². The molecule has 1 aromatic carbocycles. The molecule has 1 aromatic heterocycles. The predicted octanol–water partition coefficient (Wildman–Crippen LogP) is 2.06. The third-order valence-electron chi connectivity index (χ3n) is 2.33. The molecule has 0 spiro atoms. The number of rotatable bonds is 4. The van der Waals surface area contributed by atoms with Gasteiger partial charge in [-0.15, -0.1) is 5.10 Å². The summed E-state index contributed by atoms with van der Waals surface area (Å²) in [4.78, 5) is 22.4. The van der Waals surface area contributed by atoms with Crippen LogP contribution in [0.4, 0.5) is 10.1 Å². The van der Waals surface area contributed by atoms with Gasteiger partial charge in [0.2, 0.25) is 5.91 Å². The SMILES string of the molecule is O=C(Cn1cc(C(=O)O)nn1)Nc1c(Cl)cc(F)cc1Cl. The van der Waals surface area contributed by atoms with Crippen molar-refractivity contribution in [3.05, 3.63) is 39.9 Å². The number of aromatic nitrogens is 3. The first-order chi connectivity index (χ1) is 9.86. The molecule has 2 aromatic rings. The molecule has 1 heterocycles. The molecule has 1 amide bonds. The highest BCUT2D eigenvalue weighted by molar-refractivity contribution is 6.39. The second-order valence-electron chi connectivity index (χ2n) is 3.90. The number of carbonyl (C=O) groups is 2. The maximum Gasteiger partial charge on any atom is 0.358 e. The van der Waals surface area contributed by atoms with Crippen molar-refractivity contribution in [2.75, 3.05) is 5.32 Å². The Bertz CT molecular complexity index is 696. The molecule has 0 atom stereocenters. The molecule has 21 heavy (non-hydrogen) atoms. The first-order valence-electron chi connectivity index (χ1n) is 5.44. The van der Waals surface area contributed by atoms with Crippen LogP contribution in [0, 0.1) is 5.82 Å². The second kappa shape index (κ2) is 6.06. The Morgan fingerprint density at radius 2 is 1.95 bits per heavy atom. The lowest BCUT2D eigenvalue weighted by Gasteiger charge is -2.09. The third-order valence-corrected chi connectivity index (χ3v) is 2.93. The van der Waals surface area contributed by atoms with Gasteiger partial charge in [0.25, 0.3) is 0 Å². The normalized spacial score (nSPS) is 10.4. The number of carboxylic acid groups (broad SMARTS) is 1. The van der Waals surface area contributed by atoms with E-state index in [1.807, 2.05) is 0 Å². The van der Waals surface area contributed by atoms with E-state index in [4.69, 9.17) is 28.3 Å². The minimum atomic E-state index is -1.26. The fourth-order valence-electron chi connectivity index (χ4n) is 1.46. The van der Waals surface area contributed by atoms with E-state index < -0.39 is 17.7 Å². The van der Waals surface area contributed by atoms with Crippen LogP contribution in [0.2, 0.25) is 10.0 Å². The van der Waals surface area contributed by atoms with Crippen molar-refractivity contribution < 1.29 is 19.1 Å². The van der Waals surface area contributed by atoms with E-state index >= 15 is 0 Å². The maximum absolute atomic E-state index is 13.0. The zero-order valence-electron chi connectivity index (χ0n) is 10.2. The molecule has 2 N–H and O–H groups in total. The van der Waals surface area contributed by atoms with Gasteiger partial charge in [0.05, 0.1) is 21.9 Å². The van der Waals surface area contributed by atoms with Crippen molar-refractivity contribution in [3.63, 3.8) is 0 Å². The van der Waals surface area contributed by atoms with E-state index in [-0.39, 0.29) is 28.0 Å². The van der Waals surface area contributed by atoms with Crippen molar-refractivity contribution in [2.45, 2.75) is 6.54 Å². The van der Waals surface area contributed by atoms with Gasteiger partial charge in [-0.05, 0) is 12.1 Å². The molecule has 0 fully saturated rings. The minimum Gasteiger partial charge on any atom is -0.476 e. The molecule has 0 saturated carbocycles. The molecule has 0 radical (unpaired) electrons. The Kier molecular flexibility index (Phi) is 4.39. The number of nitrogens with one attached hydrogen (secondary N) is 1. The van der Waals surface area contributed by atoms with Crippen molar-refractivity contribution in [1.29, 1.82) is 0 Å². The highest BCUT2D eigenvalue weighted by Crippen LogP contribution is 2.31. The van der Waals surface area contributed by atoms with E-state index in [1.165, 1.54) is 0 Å². The molecule has 10 heteroatoms. The number of halogens is 3. The van der Waals surface area contributed by atoms with E-state index in [0.717, 1.165) is 23.0 Å². The topological polar surface area (TPSA) is 97.1 Å². The maximum atomic E-state index is 13.0. The van der Waals surface area contributed by atoms with Gasteiger partial charge in [-0.1, -0.05) is 28.4 Å². The van der Waals surface area contributed by atoms with Gasteiger partial charge in [0.15, 0.2) is 5.69 Å². The fourth-order valence-corrected chi connectivity index (χ4v) is 2.02. The van der Waals surface area contributed by atoms with Crippen molar-refractivity contribution in [2.24, 2.45) is 0 Å². The molecule has 0 bridgehead atoms. The molecule has 0 aliphatic carbocycles. The largest absolute Gasteiger partial charge is 0.476 e. The fraction of sp³-hybridized carbons (Fsp3) is 0.0909. The number of hydrogen-bond acceptors (Lipinski definition) is 4. The van der Waals surface area contributed by atoms with Gasteiger partial charge < -0.3 is 10.4 Å². The molecular weight excluding hydrogens is 326 g/mol. The number of hydrogen-bond donors (Lipinski definition) is 2. The van der Waals surface area contributed by atoms with Crippen molar-refractivity contribution in [1.82, 2.24) is 15.0 Å². The van der Waals surface area contributed by atoms with E-state index in [2.05, 4.69) is 15.6 Å². The Balaban J connectivity index is 2.10. The zero-order chi connectivity index (χ0) is 15.6. The summed E-state index contributed by atoms with van der Waals surface area (Å²) in [5, 5.41) is 17.8. The van der Waals surface area contributed by atoms with Gasteiger partial charge in [0.1, 0.15) is 12.4 Å². The lowest BCUT2D eigenvalue weighted by molar-refractivity contribution is -0.116. The third kappa shape index (κ3) is 3.67. The summed E-state index contributed by atoms with van der Waals surface area (Å²) in [5.41, 5.74) is -0.232. The molecule has 0 unspecified atom stereocenters. The average Bonchev–Trinajstić information content (AvgIpc) is 2.82. The summed E-state index contributed by atoms with van der Waals surface area (Å²) in [6, 6.07) is 2.00.